The Morgan fingerprint density at radius 3 is 2.29 bits per heavy atom. The summed E-state index contributed by atoms with van der Waals surface area (Å²) in [6, 6.07) is 7.38. The molecular formula is C9H14Br2N2O. The van der Waals surface area contributed by atoms with E-state index in [2.05, 4.69) is 11.5 Å². The topological polar surface area (TPSA) is 72.3 Å². The van der Waals surface area contributed by atoms with Crippen molar-refractivity contribution in [2.75, 3.05) is 6.54 Å². The summed E-state index contributed by atoms with van der Waals surface area (Å²) in [6.45, 7) is 0.646. The molecular weight excluding hydrogens is 312 g/mol. The van der Waals surface area contributed by atoms with Gasteiger partial charge in [-0.25, -0.2) is 0 Å². The van der Waals surface area contributed by atoms with E-state index in [9.17, 15) is 4.79 Å². The van der Waals surface area contributed by atoms with Crippen LogP contribution in [0.25, 0.3) is 0 Å². The van der Waals surface area contributed by atoms with Crippen LogP contribution in [-0.4, -0.2) is 12.3 Å². The zero-order valence-electron chi connectivity index (χ0n) is 7.80. The van der Waals surface area contributed by atoms with Crippen molar-refractivity contribution >= 4 is 11.5 Å². The second kappa shape index (κ2) is 8.11. The van der Waals surface area contributed by atoms with Crippen molar-refractivity contribution in [2.24, 2.45) is 0 Å². The Morgan fingerprint density at radius 1 is 1.21 bits per heavy atom. The van der Waals surface area contributed by atoms with Gasteiger partial charge >= 0.3 is 0 Å². The molecule has 0 aliphatic heterocycles. The smallest absolute Gasteiger partial charge is 0.174 e. The van der Waals surface area contributed by atoms with Gasteiger partial charge in [0.1, 0.15) is 5.69 Å². The van der Waals surface area contributed by atoms with E-state index in [4.69, 9.17) is 0 Å². The SMILES string of the molecule is [Br-].[Br-].[NH3+]CCC(=O)c1ccccc1[NH3+]. The molecule has 1 rings (SSSR count). The summed E-state index contributed by atoms with van der Waals surface area (Å²) in [5.41, 5.74) is 8.95. The number of Topliss-reactive ketones (excluding diaryl/α,β-unsaturated/α-hetero) is 1. The van der Waals surface area contributed by atoms with Crippen LogP contribution in [0.15, 0.2) is 24.3 Å². The molecule has 3 nitrogen and oxygen atoms in total. The van der Waals surface area contributed by atoms with Gasteiger partial charge in [-0.05, 0) is 12.1 Å². The summed E-state index contributed by atoms with van der Waals surface area (Å²) in [4.78, 5) is 11.4. The molecule has 0 bridgehead atoms. The number of ketones is 1. The zero-order valence-corrected chi connectivity index (χ0v) is 11.0. The van der Waals surface area contributed by atoms with E-state index in [0.29, 0.717) is 13.0 Å². The lowest BCUT2D eigenvalue weighted by atomic mass is 10.1. The second-order valence-electron chi connectivity index (χ2n) is 2.68. The quantitative estimate of drug-likeness (QED) is 0.533. The Labute approximate surface area is 104 Å². The Kier molecular flexibility index (Phi) is 9.39. The van der Waals surface area contributed by atoms with E-state index >= 15 is 0 Å². The molecule has 0 atom stereocenters. The molecule has 5 heteroatoms. The molecule has 0 saturated heterocycles. The number of carbonyl (C=O) groups is 1. The fourth-order valence-electron chi connectivity index (χ4n) is 1.09. The monoisotopic (exact) mass is 324 g/mol. The van der Waals surface area contributed by atoms with E-state index in [1.54, 1.807) is 6.07 Å². The number of hydrogen-bond donors (Lipinski definition) is 2. The first-order valence-electron chi connectivity index (χ1n) is 3.99. The lowest BCUT2D eigenvalue weighted by molar-refractivity contribution is -0.365. The summed E-state index contributed by atoms with van der Waals surface area (Å²) >= 11 is 0. The molecule has 0 aromatic heterocycles. The first-order valence-corrected chi connectivity index (χ1v) is 3.99. The van der Waals surface area contributed by atoms with Gasteiger partial charge in [-0.1, -0.05) is 12.1 Å². The summed E-state index contributed by atoms with van der Waals surface area (Å²) in [5.74, 6) is 0.135. The summed E-state index contributed by atoms with van der Waals surface area (Å²) in [7, 11) is 0. The van der Waals surface area contributed by atoms with Crippen LogP contribution in [0.4, 0.5) is 5.69 Å². The molecule has 0 heterocycles. The molecule has 0 unspecified atom stereocenters. The highest BCUT2D eigenvalue weighted by molar-refractivity contribution is 5.99. The fraction of sp³-hybridized carbons (Fsp3) is 0.222. The number of hydrogen-bond acceptors (Lipinski definition) is 1. The maximum absolute atomic E-state index is 11.4. The number of halogens is 2. The van der Waals surface area contributed by atoms with E-state index in [1.165, 1.54) is 0 Å². The number of rotatable bonds is 3. The predicted molar refractivity (Wildman–Crippen MR) is 45.7 cm³/mol. The normalized spacial score (nSPS) is 8.43. The highest BCUT2D eigenvalue weighted by Gasteiger charge is 2.10. The third-order valence-corrected chi connectivity index (χ3v) is 1.72. The summed E-state index contributed by atoms with van der Waals surface area (Å²) in [6.07, 6.45) is 0.506. The van der Waals surface area contributed by atoms with E-state index in [1.807, 2.05) is 18.2 Å². The maximum atomic E-state index is 11.4. The van der Waals surface area contributed by atoms with Crippen molar-refractivity contribution in [1.29, 1.82) is 0 Å². The van der Waals surface area contributed by atoms with Gasteiger partial charge in [0.05, 0.1) is 18.5 Å². The summed E-state index contributed by atoms with van der Waals surface area (Å²) < 4.78 is 0. The van der Waals surface area contributed by atoms with Crippen LogP contribution in [0.1, 0.15) is 16.8 Å². The Bertz CT molecular complexity index is 292. The molecule has 0 saturated carbocycles. The minimum atomic E-state index is 0. The van der Waals surface area contributed by atoms with E-state index in [-0.39, 0.29) is 39.7 Å². The minimum Gasteiger partial charge on any atom is -1.00 e. The molecule has 0 aliphatic rings. The van der Waals surface area contributed by atoms with Crippen molar-refractivity contribution in [3.8, 4) is 0 Å². The largest absolute Gasteiger partial charge is 1.00 e. The minimum absolute atomic E-state index is 0. The van der Waals surface area contributed by atoms with Gasteiger partial charge in [-0.3, -0.25) is 4.79 Å². The average Bonchev–Trinajstić information content (AvgIpc) is 2.05. The van der Waals surface area contributed by atoms with Gasteiger partial charge in [0.2, 0.25) is 0 Å². The molecule has 14 heavy (non-hydrogen) atoms. The Morgan fingerprint density at radius 2 is 1.79 bits per heavy atom. The van der Waals surface area contributed by atoms with Crippen LogP contribution in [0.5, 0.6) is 0 Å². The van der Waals surface area contributed by atoms with Crippen molar-refractivity contribution in [2.45, 2.75) is 6.42 Å². The molecule has 80 valence electrons. The lowest BCUT2D eigenvalue weighted by Gasteiger charge is -1.97. The van der Waals surface area contributed by atoms with E-state index in [0.717, 1.165) is 11.3 Å². The van der Waals surface area contributed by atoms with Crippen molar-refractivity contribution in [3.05, 3.63) is 29.8 Å². The molecule has 0 aliphatic carbocycles. The van der Waals surface area contributed by atoms with Crippen LogP contribution in [0.3, 0.4) is 0 Å². The van der Waals surface area contributed by atoms with Gasteiger partial charge in [0, 0.05) is 0 Å². The van der Waals surface area contributed by atoms with Gasteiger partial charge in [0.25, 0.3) is 0 Å². The van der Waals surface area contributed by atoms with Crippen LogP contribution >= 0.6 is 0 Å². The molecule has 0 fully saturated rings. The van der Waals surface area contributed by atoms with Gasteiger partial charge in [0.15, 0.2) is 5.78 Å². The molecule has 1 aromatic rings. The van der Waals surface area contributed by atoms with Crippen LogP contribution in [-0.2, 0) is 0 Å². The zero-order chi connectivity index (χ0) is 8.97. The van der Waals surface area contributed by atoms with E-state index < -0.39 is 0 Å². The Balaban J connectivity index is 0. The van der Waals surface area contributed by atoms with Gasteiger partial charge < -0.3 is 45.4 Å². The molecule has 1 aromatic carbocycles. The fourth-order valence-corrected chi connectivity index (χ4v) is 1.09. The van der Waals surface area contributed by atoms with Crippen LogP contribution in [0, 0.1) is 0 Å². The first-order chi connectivity index (χ1) is 5.75. The molecule has 0 radical (unpaired) electrons. The van der Waals surface area contributed by atoms with Crippen molar-refractivity contribution in [3.63, 3.8) is 0 Å². The van der Waals surface area contributed by atoms with Crippen molar-refractivity contribution in [1.82, 2.24) is 0 Å². The van der Waals surface area contributed by atoms with Crippen molar-refractivity contribution < 1.29 is 50.2 Å². The molecule has 0 amide bonds. The number of carbonyl (C=O) groups excluding carboxylic acids is 1. The standard InChI is InChI=1S/C9H12N2O.2BrH/c10-6-5-9(12)7-3-1-2-4-8(7)11;;/h1-4H,5-6,10-11H2;2*1H. The predicted octanol–water partition coefficient (Wildman–Crippen LogP) is -6.62. The number of quaternary nitrogens is 2. The van der Waals surface area contributed by atoms with Crippen LogP contribution < -0.4 is 45.4 Å². The average molecular weight is 326 g/mol. The molecule has 6 N–H and O–H groups in total. The lowest BCUT2D eigenvalue weighted by Crippen LogP contribution is -3.00. The third kappa shape index (κ3) is 4.32. The van der Waals surface area contributed by atoms with Crippen LogP contribution in [0.2, 0.25) is 0 Å². The van der Waals surface area contributed by atoms with Gasteiger partial charge in [-0.2, -0.15) is 0 Å². The third-order valence-electron chi connectivity index (χ3n) is 1.72. The first kappa shape index (κ1) is 16.2. The second-order valence-corrected chi connectivity index (χ2v) is 2.68. The summed E-state index contributed by atoms with van der Waals surface area (Å²) in [5, 5.41) is 0. The van der Waals surface area contributed by atoms with Gasteiger partial charge in [-0.15, -0.1) is 0 Å². The highest BCUT2D eigenvalue weighted by atomic mass is 79.9. The molecule has 0 spiro atoms. The Hall–Kier alpha value is -0.230. The highest BCUT2D eigenvalue weighted by Crippen LogP contribution is 2.10. The maximum Gasteiger partial charge on any atom is 0.174 e. The number of benzene rings is 1.